The molecule has 3 nitrogen and oxygen atoms in total. The highest BCUT2D eigenvalue weighted by atomic mass is 16.6. The van der Waals surface area contributed by atoms with Crippen LogP contribution < -0.4 is 0 Å². The predicted octanol–water partition coefficient (Wildman–Crippen LogP) is 1.76. The Morgan fingerprint density at radius 3 is 2.56 bits per heavy atom. The fourth-order valence-corrected chi connectivity index (χ4v) is 2.89. The Hall–Kier alpha value is -0.830. The molecule has 4 atom stereocenters. The number of hydrogen-bond acceptors (Lipinski definition) is 3. The monoisotopic (exact) mass is 224 g/mol. The van der Waals surface area contributed by atoms with Gasteiger partial charge in [0.1, 0.15) is 5.60 Å². The number of esters is 1. The SMILES string of the molecule is CC(C)(C)OC(=O)[C@@H]1[C@H](CO)[C@@H]2C=C[C@H]1C2. The first-order valence-corrected chi connectivity index (χ1v) is 5.94. The quantitative estimate of drug-likeness (QED) is 0.574. The molecule has 16 heavy (non-hydrogen) atoms. The summed E-state index contributed by atoms with van der Waals surface area (Å²) in [5.41, 5.74) is -0.442. The summed E-state index contributed by atoms with van der Waals surface area (Å²) in [5.74, 6) is 0.414. The molecule has 1 N–H and O–H groups in total. The highest BCUT2D eigenvalue weighted by Gasteiger charge is 2.49. The minimum atomic E-state index is -0.442. The average Bonchev–Trinajstić information content (AvgIpc) is 2.72. The van der Waals surface area contributed by atoms with Crippen LogP contribution in [-0.4, -0.2) is 23.3 Å². The van der Waals surface area contributed by atoms with Gasteiger partial charge in [0.05, 0.1) is 5.92 Å². The Labute approximate surface area is 96.5 Å². The van der Waals surface area contributed by atoms with Crippen molar-refractivity contribution in [2.45, 2.75) is 32.8 Å². The van der Waals surface area contributed by atoms with Gasteiger partial charge in [-0.2, -0.15) is 0 Å². The van der Waals surface area contributed by atoms with E-state index in [4.69, 9.17) is 4.74 Å². The Morgan fingerprint density at radius 1 is 1.38 bits per heavy atom. The number of carbonyl (C=O) groups is 1. The lowest BCUT2D eigenvalue weighted by Crippen LogP contribution is -2.35. The van der Waals surface area contributed by atoms with Crippen LogP contribution in [0.5, 0.6) is 0 Å². The van der Waals surface area contributed by atoms with Crippen molar-refractivity contribution in [2.24, 2.45) is 23.7 Å². The summed E-state index contributed by atoms with van der Waals surface area (Å²) >= 11 is 0. The minimum Gasteiger partial charge on any atom is -0.460 e. The van der Waals surface area contributed by atoms with E-state index in [9.17, 15) is 9.90 Å². The van der Waals surface area contributed by atoms with Gasteiger partial charge in [-0.15, -0.1) is 0 Å². The van der Waals surface area contributed by atoms with Crippen molar-refractivity contribution < 1.29 is 14.6 Å². The molecule has 3 heteroatoms. The highest BCUT2D eigenvalue weighted by Crippen LogP contribution is 2.48. The largest absolute Gasteiger partial charge is 0.460 e. The predicted molar refractivity (Wildman–Crippen MR) is 60.6 cm³/mol. The highest BCUT2D eigenvalue weighted by molar-refractivity contribution is 5.75. The summed E-state index contributed by atoms with van der Waals surface area (Å²) in [4.78, 5) is 12.1. The summed E-state index contributed by atoms with van der Waals surface area (Å²) in [6.45, 7) is 5.71. The van der Waals surface area contributed by atoms with Crippen LogP contribution >= 0.6 is 0 Å². The number of aliphatic hydroxyl groups excluding tert-OH is 1. The van der Waals surface area contributed by atoms with Gasteiger partial charge in [0.15, 0.2) is 0 Å². The number of allylic oxidation sites excluding steroid dienone is 2. The van der Waals surface area contributed by atoms with Gasteiger partial charge in [0.25, 0.3) is 0 Å². The molecule has 0 amide bonds. The molecule has 0 radical (unpaired) electrons. The zero-order chi connectivity index (χ0) is 11.9. The first-order chi connectivity index (χ1) is 7.42. The second kappa shape index (κ2) is 3.88. The van der Waals surface area contributed by atoms with E-state index in [-0.39, 0.29) is 30.3 Å². The van der Waals surface area contributed by atoms with Crippen LogP contribution in [0.15, 0.2) is 12.2 Å². The van der Waals surface area contributed by atoms with E-state index >= 15 is 0 Å². The van der Waals surface area contributed by atoms with Crippen LogP contribution in [0, 0.1) is 23.7 Å². The molecular formula is C13H20O3. The number of ether oxygens (including phenoxy) is 1. The van der Waals surface area contributed by atoms with Crippen molar-refractivity contribution in [1.82, 2.24) is 0 Å². The topological polar surface area (TPSA) is 46.5 Å². The van der Waals surface area contributed by atoms with Gasteiger partial charge in [-0.3, -0.25) is 4.79 Å². The second-order valence-electron chi connectivity index (χ2n) is 5.85. The molecule has 0 aromatic carbocycles. The molecular weight excluding hydrogens is 204 g/mol. The van der Waals surface area contributed by atoms with E-state index in [1.165, 1.54) is 0 Å². The Kier molecular flexibility index (Phi) is 2.82. The minimum absolute atomic E-state index is 0.0600. The van der Waals surface area contributed by atoms with Crippen molar-refractivity contribution in [3.05, 3.63) is 12.2 Å². The maximum absolute atomic E-state index is 12.1. The number of carbonyl (C=O) groups excluding carboxylic acids is 1. The van der Waals surface area contributed by atoms with Gasteiger partial charge < -0.3 is 9.84 Å². The van der Waals surface area contributed by atoms with Crippen molar-refractivity contribution >= 4 is 5.97 Å². The Morgan fingerprint density at radius 2 is 2.00 bits per heavy atom. The summed E-state index contributed by atoms with van der Waals surface area (Å²) in [5, 5.41) is 9.36. The molecule has 2 aliphatic rings. The van der Waals surface area contributed by atoms with Crippen LogP contribution in [0.3, 0.4) is 0 Å². The fraction of sp³-hybridized carbons (Fsp3) is 0.769. The zero-order valence-electron chi connectivity index (χ0n) is 10.1. The van der Waals surface area contributed by atoms with E-state index < -0.39 is 5.60 Å². The average molecular weight is 224 g/mol. The Bertz CT molecular complexity index is 314. The summed E-state index contributed by atoms with van der Waals surface area (Å²) in [6.07, 6.45) is 5.23. The third-order valence-corrected chi connectivity index (χ3v) is 3.51. The van der Waals surface area contributed by atoms with Gasteiger partial charge in [-0.25, -0.2) is 0 Å². The molecule has 0 saturated heterocycles. The number of rotatable bonds is 2. The van der Waals surface area contributed by atoms with Gasteiger partial charge in [-0.1, -0.05) is 12.2 Å². The maximum Gasteiger partial charge on any atom is 0.310 e. The first-order valence-electron chi connectivity index (χ1n) is 5.94. The van der Waals surface area contributed by atoms with Crippen LogP contribution in [0.4, 0.5) is 0 Å². The molecule has 0 heterocycles. The van der Waals surface area contributed by atoms with Crippen molar-refractivity contribution in [1.29, 1.82) is 0 Å². The third-order valence-electron chi connectivity index (χ3n) is 3.51. The molecule has 0 spiro atoms. The van der Waals surface area contributed by atoms with E-state index in [0.717, 1.165) is 6.42 Å². The maximum atomic E-state index is 12.1. The van der Waals surface area contributed by atoms with Crippen LogP contribution in [0.2, 0.25) is 0 Å². The summed E-state index contributed by atoms with van der Waals surface area (Å²) < 4.78 is 5.42. The molecule has 1 fully saturated rings. The van der Waals surface area contributed by atoms with E-state index in [2.05, 4.69) is 12.2 Å². The molecule has 1 saturated carbocycles. The lowest BCUT2D eigenvalue weighted by molar-refractivity contribution is -0.163. The lowest BCUT2D eigenvalue weighted by Gasteiger charge is -2.28. The van der Waals surface area contributed by atoms with Gasteiger partial charge in [0, 0.05) is 12.5 Å². The first kappa shape index (κ1) is 11.6. The van der Waals surface area contributed by atoms with Gasteiger partial charge >= 0.3 is 5.97 Å². The van der Waals surface area contributed by atoms with E-state index in [1.54, 1.807) is 0 Å². The van der Waals surface area contributed by atoms with Gasteiger partial charge in [0.2, 0.25) is 0 Å². The van der Waals surface area contributed by atoms with Crippen molar-refractivity contribution in [3.8, 4) is 0 Å². The smallest absolute Gasteiger partial charge is 0.310 e. The van der Waals surface area contributed by atoms with Crippen LogP contribution in [0.25, 0.3) is 0 Å². The Balaban J connectivity index is 2.09. The molecule has 0 aliphatic heterocycles. The molecule has 90 valence electrons. The molecule has 0 unspecified atom stereocenters. The van der Waals surface area contributed by atoms with Crippen LogP contribution in [-0.2, 0) is 9.53 Å². The number of hydrogen-bond donors (Lipinski definition) is 1. The molecule has 2 bridgehead atoms. The third kappa shape index (κ3) is 2.01. The molecule has 0 aromatic heterocycles. The molecule has 2 aliphatic carbocycles. The second-order valence-corrected chi connectivity index (χ2v) is 5.85. The number of fused-ring (bicyclic) bond motifs is 2. The lowest BCUT2D eigenvalue weighted by atomic mass is 9.83. The van der Waals surface area contributed by atoms with Crippen molar-refractivity contribution in [3.63, 3.8) is 0 Å². The fourth-order valence-electron chi connectivity index (χ4n) is 2.89. The van der Waals surface area contributed by atoms with E-state index in [0.29, 0.717) is 5.92 Å². The normalized spacial score (nSPS) is 36.8. The van der Waals surface area contributed by atoms with E-state index in [1.807, 2.05) is 20.8 Å². The summed E-state index contributed by atoms with van der Waals surface area (Å²) in [7, 11) is 0. The number of aliphatic hydroxyl groups is 1. The summed E-state index contributed by atoms with van der Waals surface area (Å²) in [6, 6.07) is 0. The van der Waals surface area contributed by atoms with Gasteiger partial charge in [-0.05, 0) is 39.0 Å². The van der Waals surface area contributed by atoms with Crippen molar-refractivity contribution in [2.75, 3.05) is 6.61 Å². The molecule has 0 aromatic rings. The van der Waals surface area contributed by atoms with Crippen LogP contribution in [0.1, 0.15) is 27.2 Å². The molecule has 2 rings (SSSR count). The zero-order valence-corrected chi connectivity index (χ0v) is 10.1. The standard InChI is InChI=1S/C13H20O3/c1-13(2,3)16-12(15)11-9-5-4-8(6-9)10(11)7-14/h4-5,8-11,14H,6-7H2,1-3H3/t8-,9+,10-,11+/m1/s1.